The van der Waals surface area contributed by atoms with Crippen molar-refractivity contribution in [2.45, 2.75) is 7.44 Å². The van der Waals surface area contributed by atoms with E-state index in [1.807, 2.05) is 0 Å². The van der Waals surface area contributed by atoms with Gasteiger partial charge in [0.05, 0.1) is 0 Å². The van der Waals surface area contributed by atoms with E-state index in [0.29, 0.717) is 0 Å². The molecule has 0 N–H and O–H groups in total. The third-order valence-electron chi connectivity index (χ3n) is 1.53. The summed E-state index contributed by atoms with van der Waals surface area (Å²) in [6, 6.07) is 8.81. The molecule has 0 heterocycles. The van der Waals surface area contributed by atoms with Gasteiger partial charge < -0.3 is 0 Å². The molecule has 1 rings (SSSR count). The molecule has 0 radical (unpaired) electrons. The molecule has 42 valence electrons. The maximum atomic E-state index is 2.22. The molecule has 0 amide bonds. The van der Waals surface area contributed by atoms with Crippen molar-refractivity contribution in [2.24, 2.45) is 0 Å². The molecule has 0 saturated heterocycles. The molecule has 1 heteroatoms. The van der Waals surface area contributed by atoms with Crippen molar-refractivity contribution in [2.75, 3.05) is 0 Å². The first-order valence-electron chi connectivity index (χ1n) is 3.38. The van der Waals surface area contributed by atoms with Gasteiger partial charge in [0, 0.05) is 0 Å². The van der Waals surface area contributed by atoms with Crippen molar-refractivity contribution in [1.82, 2.24) is 0 Å². The molecule has 0 aliphatic carbocycles. The fourth-order valence-corrected chi connectivity index (χ4v) is 1.56. The molecule has 0 aromatic heterocycles. The average molecular weight is 144 g/mol. The van der Waals surface area contributed by atoms with Crippen molar-refractivity contribution in [1.29, 1.82) is 0 Å². The number of hydrogen-bond donors (Lipinski definition) is 0. The summed E-state index contributed by atoms with van der Waals surface area (Å²) in [5, 5.41) is 0. The zero-order chi connectivity index (χ0) is 6.69. The van der Waals surface area contributed by atoms with Crippen molar-refractivity contribution < 1.29 is 0 Å². The summed E-state index contributed by atoms with van der Waals surface area (Å²) < 4.78 is 1.33. The molecule has 0 bridgehead atoms. The number of hydrogen-bond acceptors (Lipinski definition) is 0. The van der Waals surface area contributed by atoms with Gasteiger partial charge in [-0.3, -0.25) is 0 Å². The van der Waals surface area contributed by atoms with Gasteiger partial charge in [-0.25, -0.2) is 0 Å². The van der Waals surface area contributed by atoms with E-state index >= 15 is 0 Å². The zero-order valence-corrected chi connectivity index (χ0v) is 9.14. The van der Waals surface area contributed by atoms with E-state index in [1.54, 1.807) is 0 Å². The molecular formula is C8H9K. The Labute approximate surface area is 90.2 Å². The Morgan fingerprint density at radius 3 is 2.22 bits per heavy atom. The van der Waals surface area contributed by atoms with Gasteiger partial charge in [-0.2, -0.15) is 0 Å². The van der Waals surface area contributed by atoms with Crippen LogP contribution in [0.25, 0.3) is 0 Å². The predicted octanol–water partition coefficient (Wildman–Crippen LogP) is 1.66. The van der Waals surface area contributed by atoms with Crippen molar-refractivity contribution in [3.8, 4) is 0 Å². The second-order valence-electron chi connectivity index (χ2n) is 2.34. The van der Waals surface area contributed by atoms with E-state index in [1.165, 1.54) is 11.6 Å². The van der Waals surface area contributed by atoms with Crippen LogP contribution >= 0.6 is 0 Å². The molecule has 0 aliphatic heterocycles. The van der Waals surface area contributed by atoms with Crippen molar-refractivity contribution in [3.63, 3.8) is 0 Å². The van der Waals surface area contributed by atoms with Crippen LogP contribution in [0.4, 0.5) is 0 Å². The molecule has 0 saturated carbocycles. The summed E-state index contributed by atoms with van der Waals surface area (Å²) in [4.78, 5) is 0. The maximum absolute atomic E-state index is 2.22. The third-order valence-corrected chi connectivity index (χ3v) is 2.80. The van der Waals surface area contributed by atoms with Crippen molar-refractivity contribution in [3.05, 3.63) is 35.4 Å². The van der Waals surface area contributed by atoms with Crippen LogP contribution in [0.5, 0.6) is 0 Å². The first-order chi connectivity index (χ1) is 4.33. The fraction of sp³-hybridized carbons (Fsp3) is 0.250. The van der Waals surface area contributed by atoms with E-state index in [-0.39, 0.29) is 0 Å². The van der Waals surface area contributed by atoms with Crippen LogP contribution in [0.1, 0.15) is 11.1 Å². The van der Waals surface area contributed by atoms with Gasteiger partial charge in [-0.05, 0) is 0 Å². The molecule has 1 aromatic carbocycles. The molecule has 0 aliphatic rings. The summed E-state index contributed by atoms with van der Waals surface area (Å²) in [5.74, 6) is 0. The standard InChI is InChI=1S/C8H9.K/c1-7-3-5-8(2)6-4-7;/h3-6H,1H2,2H3;. The Bertz CT molecular complexity index is 176. The van der Waals surface area contributed by atoms with Crippen LogP contribution in [-0.2, 0) is 0.515 Å². The Kier molecular flexibility index (Phi) is 3.44. The third kappa shape index (κ3) is 2.52. The molecule has 0 nitrogen and oxygen atoms in total. The van der Waals surface area contributed by atoms with Crippen LogP contribution in [-0.4, -0.2) is 49.0 Å². The number of benzene rings is 1. The molecule has 0 fully saturated rings. The summed E-state index contributed by atoms with van der Waals surface area (Å²) >= 11 is 0.961. The average Bonchev–Trinajstić information content (AvgIpc) is 1.90. The normalized spacial score (nSPS) is 9.67. The quantitative estimate of drug-likeness (QED) is 0.526. The van der Waals surface area contributed by atoms with Crippen molar-refractivity contribution >= 4 is 49.0 Å². The van der Waals surface area contributed by atoms with Gasteiger partial charge in [-0.1, -0.05) is 0 Å². The molecule has 9 heavy (non-hydrogen) atoms. The first kappa shape index (κ1) is 7.96. The Hall–Kier alpha value is 0.856. The van der Waals surface area contributed by atoms with E-state index in [4.69, 9.17) is 0 Å². The van der Waals surface area contributed by atoms with Gasteiger partial charge in [0.1, 0.15) is 0 Å². The van der Waals surface area contributed by atoms with Crippen LogP contribution in [0.15, 0.2) is 24.3 Å². The summed E-state index contributed by atoms with van der Waals surface area (Å²) in [6.07, 6.45) is 0. The second kappa shape index (κ2) is 3.89. The van der Waals surface area contributed by atoms with Crippen LogP contribution in [0.2, 0.25) is 0 Å². The molecule has 0 unspecified atom stereocenters. The molecule has 1 aromatic rings. The Balaban J connectivity index is 2.88. The predicted molar refractivity (Wildman–Crippen MR) is 40.6 cm³/mol. The Morgan fingerprint density at radius 1 is 1.22 bits per heavy atom. The van der Waals surface area contributed by atoms with Gasteiger partial charge >= 0.3 is 91.8 Å². The SMILES string of the molecule is Cc1ccc([CH2][K])cc1. The fourth-order valence-electron chi connectivity index (χ4n) is 0.824. The molecule has 0 atom stereocenters. The van der Waals surface area contributed by atoms with E-state index in [2.05, 4.69) is 31.2 Å². The summed E-state index contributed by atoms with van der Waals surface area (Å²) in [7, 11) is 0. The number of rotatable bonds is 1. The van der Waals surface area contributed by atoms with E-state index in [9.17, 15) is 0 Å². The van der Waals surface area contributed by atoms with E-state index in [0.717, 1.165) is 49.0 Å². The molecule has 0 spiro atoms. The minimum absolute atomic E-state index is 0.961. The van der Waals surface area contributed by atoms with Crippen LogP contribution < -0.4 is 0 Å². The van der Waals surface area contributed by atoms with Crippen LogP contribution in [0.3, 0.4) is 0 Å². The van der Waals surface area contributed by atoms with Gasteiger partial charge in [0.15, 0.2) is 0 Å². The first-order valence-corrected chi connectivity index (χ1v) is 5.59. The van der Waals surface area contributed by atoms with Crippen LogP contribution in [0, 0.1) is 6.92 Å². The van der Waals surface area contributed by atoms with Gasteiger partial charge in [0.25, 0.3) is 0 Å². The summed E-state index contributed by atoms with van der Waals surface area (Å²) in [6.45, 7) is 2.13. The van der Waals surface area contributed by atoms with Gasteiger partial charge in [0.2, 0.25) is 0 Å². The molecular weight excluding hydrogens is 135 g/mol. The second-order valence-corrected chi connectivity index (χ2v) is 3.44. The van der Waals surface area contributed by atoms with Gasteiger partial charge in [-0.15, -0.1) is 0 Å². The monoisotopic (exact) mass is 144 g/mol. The Morgan fingerprint density at radius 2 is 1.78 bits per heavy atom. The topological polar surface area (TPSA) is 0 Å². The minimum atomic E-state index is 0.961. The number of aryl methyl sites for hydroxylation is 1. The summed E-state index contributed by atoms with van der Waals surface area (Å²) in [5.41, 5.74) is 2.86. The van der Waals surface area contributed by atoms with E-state index < -0.39 is 0 Å². The zero-order valence-electron chi connectivity index (χ0n) is 6.02.